The number of sulfonamides is 1. The average Bonchev–Trinajstić information content (AvgIpc) is 2.39. The van der Waals surface area contributed by atoms with Crippen LogP contribution < -0.4 is 10.5 Å². The van der Waals surface area contributed by atoms with Crippen molar-refractivity contribution in [1.82, 2.24) is 4.98 Å². The number of carbonyl (C=O) groups is 1. The van der Waals surface area contributed by atoms with Crippen molar-refractivity contribution < 1.29 is 13.2 Å². The molecule has 0 atom stereocenters. The molecule has 1 aromatic carbocycles. The maximum absolute atomic E-state index is 12.1. The van der Waals surface area contributed by atoms with E-state index in [-0.39, 0.29) is 10.5 Å². The molecule has 0 aliphatic heterocycles. The molecule has 1 aromatic heterocycles. The summed E-state index contributed by atoms with van der Waals surface area (Å²) < 4.78 is 23.1. The smallest absolute Gasteiger partial charge is 0.256 e. The first kappa shape index (κ1) is 14.6. The van der Waals surface area contributed by atoms with Gasteiger partial charge in [0.25, 0.3) is 5.91 Å². The highest BCUT2D eigenvalue weighted by Crippen LogP contribution is 2.21. The molecule has 1 heterocycles. The van der Waals surface area contributed by atoms with Crippen molar-refractivity contribution in [1.29, 1.82) is 0 Å². The fourth-order valence-corrected chi connectivity index (χ4v) is 2.46. The van der Waals surface area contributed by atoms with Crippen LogP contribution in [0.2, 0.25) is 0 Å². The van der Waals surface area contributed by atoms with E-state index < -0.39 is 15.9 Å². The number of hydrogen-bond acceptors (Lipinski definition) is 4. The number of benzene rings is 1. The Labute approximate surface area is 124 Å². The first-order valence-electron chi connectivity index (χ1n) is 5.41. The van der Waals surface area contributed by atoms with Gasteiger partial charge in [-0.15, -0.1) is 0 Å². The lowest BCUT2D eigenvalue weighted by Crippen LogP contribution is -2.16. The molecule has 2 rings (SSSR count). The summed E-state index contributed by atoms with van der Waals surface area (Å²) in [7, 11) is -3.86. The van der Waals surface area contributed by atoms with Crippen LogP contribution in [0.5, 0.6) is 0 Å². The maximum atomic E-state index is 12.1. The third-order valence-electron chi connectivity index (χ3n) is 2.45. The minimum Gasteiger partial charge on any atom is -0.322 e. The molecule has 3 N–H and O–H groups in total. The molecule has 0 aliphatic rings. The maximum Gasteiger partial charge on any atom is 0.256 e. The predicted octanol–water partition coefficient (Wildman–Crippen LogP) is 1.74. The largest absolute Gasteiger partial charge is 0.322 e. The van der Waals surface area contributed by atoms with Crippen molar-refractivity contribution in [3.05, 3.63) is 52.8 Å². The van der Waals surface area contributed by atoms with Crippen molar-refractivity contribution in [3.8, 4) is 0 Å². The van der Waals surface area contributed by atoms with Gasteiger partial charge in [0.1, 0.15) is 0 Å². The van der Waals surface area contributed by atoms with Gasteiger partial charge >= 0.3 is 0 Å². The number of nitrogens with zero attached hydrogens (tertiary/aromatic N) is 1. The Morgan fingerprint density at radius 1 is 1.20 bits per heavy atom. The monoisotopic (exact) mass is 355 g/mol. The first-order valence-corrected chi connectivity index (χ1v) is 7.75. The van der Waals surface area contributed by atoms with Gasteiger partial charge in [-0.2, -0.15) is 0 Å². The number of carbonyl (C=O) groups excluding carboxylic acids is 1. The zero-order valence-corrected chi connectivity index (χ0v) is 12.5. The predicted molar refractivity (Wildman–Crippen MR) is 77.7 cm³/mol. The van der Waals surface area contributed by atoms with Crippen LogP contribution in [0.1, 0.15) is 10.4 Å². The Balaban J connectivity index is 2.35. The van der Waals surface area contributed by atoms with Gasteiger partial charge in [-0.25, -0.2) is 13.6 Å². The second-order valence-corrected chi connectivity index (χ2v) is 6.29. The first-order chi connectivity index (χ1) is 9.38. The number of anilines is 1. The van der Waals surface area contributed by atoms with Crippen LogP contribution in [-0.4, -0.2) is 19.3 Å². The van der Waals surface area contributed by atoms with Crippen molar-refractivity contribution in [2.75, 3.05) is 5.32 Å². The highest BCUT2D eigenvalue weighted by Gasteiger charge is 2.15. The summed E-state index contributed by atoms with van der Waals surface area (Å²) in [4.78, 5) is 15.8. The zero-order valence-electron chi connectivity index (χ0n) is 10.1. The molecule has 0 spiro atoms. The summed E-state index contributed by atoms with van der Waals surface area (Å²) in [5.41, 5.74) is 0.728. The average molecular weight is 356 g/mol. The summed E-state index contributed by atoms with van der Waals surface area (Å²) in [6.45, 7) is 0. The minimum absolute atomic E-state index is 0.124. The number of pyridine rings is 1. The summed E-state index contributed by atoms with van der Waals surface area (Å²) in [6, 6.07) is 7.24. The van der Waals surface area contributed by atoms with E-state index >= 15 is 0 Å². The molecule has 0 unspecified atom stereocenters. The molecule has 8 heteroatoms. The molecule has 0 saturated carbocycles. The molecule has 0 saturated heterocycles. The lowest BCUT2D eigenvalue weighted by Gasteiger charge is -2.08. The Bertz CT molecular complexity index is 748. The standard InChI is InChI=1S/C12H10BrN3O3S/c13-11-2-1-9(20(14,18)19)7-10(11)12(17)16-8-3-5-15-6-4-8/h1-7H,(H2,14,18,19)(H,15,16,17). The van der Waals surface area contributed by atoms with Gasteiger partial charge in [-0.1, -0.05) is 0 Å². The van der Waals surface area contributed by atoms with Gasteiger partial charge in [0.05, 0.1) is 10.5 Å². The summed E-state index contributed by atoms with van der Waals surface area (Å²) in [6.07, 6.45) is 3.07. The van der Waals surface area contributed by atoms with Crippen LogP contribution in [0.3, 0.4) is 0 Å². The van der Waals surface area contributed by atoms with E-state index in [0.717, 1.165) is 0 Å². The Morgan fingerprint density at radius 2 is 1.85 bits per heavy atom. The molecule has 1 amide bonds. The molecule has 20 heavy (non-hydrogen) atoms. The van der Waals surface area contributed by atoms with E-state index in [9.17, 15) is 13.2 Å². The Kier molecular flexibility index (Phi) is 4.17. The van der Waals surface area contributed by atoms with Crippen molar-refractivity contribution in [2.24, 2.45) is 5.14 Å². The van der Waals surface area contributed by atoms with Gasteiger partial charge in [0.15, 0.2) is 0 Å². The second kappa shape index (κ2) is 5.70. The van der Waals surface area contributed by atoms with Crippen molar-refractivity contribution >= 4 is 37.5 Å². The Hall–Kier alpha value is -1.77. The number of primary sulfonamides is 1. The summed E-state index contributed by atoms with van der Waals surface area (Å²) in [5, 5.41) is 7.68. The molecule has 0 radical (unpaired) electrons. The third-order valence-corrected chi connectivity index (χ3v) is 4.05. The normalized spacial score (nSPS) is 11.1. The van der Waals surface area contributed by atoms with Crippen molar-refractivity contribution in [2.45, 2.75) is 4.90 Å². The van der Waals surface area contributed by atoms with Crippen LogP contribution in [-0.2, 0) is 10.0 Å². The molecular weight excluding hydrogens is 346 g/mol. The molecule has 2 aromatic rings. The minimum atomic E-state index is -3.86. The second-order valence-electron chi connectivity index (χ2n) is 3.88. The zero-order chi connectivity index (χ0) is 14.8. The topological polar surface area (TPSA) is 102 Å². The SMILES string of the molecule is NS(=O)(=O)c1ccc(Br)c(C(=O)Nc2ccncc2)c1. The van der Waals surface area contributed by atoms with E-state index in [0.29, 0.717) is 10.2 Å². The van der Waals surface area contributed by atoms with E-state index in [2.05, 4.69) is 26.2 Å². The van der Waals surface area contributed by atoms with E-state index in [1.165, 1.54) is 30.6 Å². The van der Waals surface area contributed by atoms with Gasteiger partial charge < -0.3 is 5.32 Å². The molecule has 0 bridgehead atoms. The highest BCUT2D eigenvalue weighted by atomic mass is 79.9. The summed E-state index contributed by atoms with van der Waals surface area (Å²) >= 11 is 3.20. The van der Waals surface area contributed by atoms with Crippen LogP contribution in [0, 0.1) is 0 Å². The number of nitrogens with two attached hydrogens (primary N) is 1. The number of halogens is 1. The summed E-state index contributed by atoms with van der Waals surface area (Å²) in [5.74, 6) is -0.450. The van der Waals surface area contributed by atoms with Crippen LogP contribution in [0.15, 0.2) is 52.1 Å². The van der Waals surface area contributed by atoms with Gasteiger partial charge in [0, 0.05) is 22.6 Å². The molecule has 6 nitrogen and oxygen atoms in total. The lowest BCUT2D eigenvalue weighted by atomic mass is 10.2. The van der Waals surface area contributed by atoms with Crippen LogP contribution in [0.25, 0.3) is 0 Å². The van der Waals surface area contributed by atoms with Gasteiger partial charge in [0.2, 0.25) is 10.0 Å². The number of nitrogens with one attached hydrogen (secondary N) is 1. The number of amides is 1. The van der Waals surface area contributed by atoms with E-state index in [4.69, 9.17) is 5.14 Å². The van der Waals surface area contributed by atoms with Crippen LogP contribution in [0.4, 0.5) is 5.69 Å². The fourth-order valence-electron chi connectivity index (χ4n) is 1.49. The fraction of sp³-hybridized carbons (Fsp3) is 0. The van der Waals surface area contributed by atoms with E-state index in [1.807, 2.05) is 0 Å². The number of rotatable bonds is 3. The molecule has 0 aliphatic carbocycles. The molecule has 0 fully saturated rings. The quantitative estimate of drug-likeness (QED) is 0.875. The lowest BCUT2D eigenvalue weighted by molar-refractivity contribution is 0.102. The van der Waals surface area contributed by atoms with E-state index in [1.54, 1.807) is 12.1 Å². The molecule has 104 valence electrons. The van der Waals surface area contributed by atoms with Crippen LogP contribution >= 0.6 is 15.9 Å². The van der Waals surface area contributed by atoms with Gasteiger partial charge in [-0.3, -0.25) is 9.78 Å². The third kappa shape index (κ3) is 3.41. The van der Waals surface area contributed by atoms with Crippen molar-refractivity contribution in [3.63, 3.8) is 0 Å². The Morgan fingerprint density at radius 3 is 2.45 bits per heavy atom. The highest BCUT2D eigenvalue weighted by molar-refractivity contribution is 9.10. The molecular formula is C12H10BrN3O3S. The number of aromatic nitrogens is 1. The number of hydrogen-bond donors (Lipinski definition) is 2. The van der Waals surface area contributed by atoms with Gasteiger partial charge in [-0.05, 0) is 46.3 Å².